The molecule has 0 aliphatic heterocycles. The summed E-state index contributed by atoms with van der Waals surface area (Å²) < 4.78 is 5.81. The maximum atomic E-state index is 11.2. The van der Waals surface area contributed by atoms with Crippen LogP contribution in [-0.4, -0.2) is 29.3 Å². The molecule has 0 unspecified atom stereocenters. The standard InChI is InChI=1S/C15H20N4O2S/c1-2-11-6-3-4-7-12(11)21-9-5-8-14-18-19-15(22-14)17-13(20)10-16/h3-4,6-7H,2,5,8-10,16H2,1H3,(H,17,19,20). The van der Waals surface area contributed by atoms with Gasteiger partial charge in [0.05, 0.1) is 13.2 Å². The number of ether oxygens (including phenoxy) is 1. The highest BCUT2D eigenvalue weighted by molar-refractivity contribution is 7.15. The molecule has 1 heterocycles. The zero-order valence-electron chi connectivity index (χ0n) is 12.5. The first-order valence-electron chi connectivity index (χ1n) is 7.26. The first-order chi connectivity index (χ1) is 10.7. The summed E-state index contributed by atoms with van der Waals surface area (Å²) in [5, 5.41) is 11.9. The number of hydrogen-bond acceptors (Lipinski definition) is 6. The summed E-state index contributed by atoms with van der Waals surface area (Å²) in [7, 11) is 0. The SMILES string of the molecule is CCc1ccccc1OCCCc1nnc(NC(=O)CN)s1. The van der Waals surface area contributed by atoms with Crippen LogP contribution in [0.1, 0.15) is 23.9 Å². The van der Waals surface area contributed by atoms with E-state index in [0.29, 0.717) is 11.7 Å². The molecule has 0 saturated heterocycles. The molecule has 0 fully saturated rings. The number of amides is 1. The monoisotopic (exact) mass is 320 g/mol. The van der Waals surface area contributed by atoms with Gasteiger partial charge in [0, 0.05) is 6.42 Å². The van der Waals surface area contributed by atoms with Crippen LogP contribution in [-0.2, 0) is 17.6 Å². The molecule has 22 heavy (non-hydrogen) atoms. The highest BCUT2D eigenvalue weighted by atomic mass is 32.1. The van der Waals surface area contributed by atoms with Crippen molar-refractivity contribution in [3.63, 3.8) is 0 Å². The first kappa shape index (κ1) is 16.4. The van der Waals surface area contributed by atoms with Crippen molar-refractivity contribution in [3.05, 3.63) is 34.8 Å². The molecule has 0 radical (unpaired) electrons. The van der Waals surface area contributed by atoms with Crippen LogP contribution in [0.4, 0.5) is 5.13 Å². The van der Waals surface area contributed by atoms with E-state index in [1.165, 1.54) is 16.9 Å². The van der Waals surface area contributed by atoms with E-state index < -0.39 is 0 Å². The summed E-state index contributed by atoms with van der Waals surface area (Å²) in [5.74, 6) is 0.681. The summed E-state index contributed by atoms with van der Waals surface area (Å²) in [6.07, 6.45) is 2.57. The van der Waals surface area contributed by atoms with E-state index in [1.54, 1.807) is 0 Å². The van der Waals surface area contributed by atoms with Crippen LogP contribution in [0, 0.1) is 0 Å². The van der Waals surface area contributed by atoms with E-state index in [2.05, 4.69) is 28.5 Å². The van der Waals surface area contributed by atoms with Gasteiger partial charge in [-0.2, -0.15) is 0 Å². The predicted octanol–water partition coefficient (Wildman–Crippen LogP) is 2.01. The van der Waals surface area contributed by atoms with Crippen molar-refractivity contribution in [2.24, 2.45) is 5.73 Å². The number of nitrogens with two attached hydrogens (primary N) is 1. The number of aromatic nitrogens is 2. The van der Waals surface area contributed by atoms with Crippen LogP contribution in [0.5, 0.6) is 5.75 Å². The van der Waals surface area contributed by atoms with Crippen molar-refractivity contribution in [2.45, 2.75) is 26.2 Å². The lowest BCUT2D eigenvalue weighted by atomic mass is 10.1. The van der Waals surface area contributed by atoms with Gasteiger partial charge in [-0.25, -0.2) is 0 Å². The van der Waals surface area contributed by atoms with Crippen molar-refractivity contribution < 1.29 is 9.53 Å². The second-order valence-corrected chi connectivity index (χ2v) is 5.73. The number of para-hydroxylation sites is 1. The lowest BCUT2D eigenvalue weighted by Crippen LogP contribution is -2.21. The second-order valence-electron chi connectivity index (χ2n) is 4.67. The molecule has 2 aromatic rings. The van der Waals surface area contributed by atoms with Crippen LogP contribution in [0.2, 0.25) is 0 Å². The third-order valence-electron chi connectivity index (χ3n) is 3.04. The maximum Gasteiger partial charge on any atom is 0.239 e. The number of carbonyl (C=O) groups excluding carboxylic acids is 1. The van der Waals surface area contributed by atoms with Crippen LogP contribution < -0.4 is 15.8 Å². The Morgan fingerprint density at radius 3 is 2.95 bits per heavy atom. The van der Waals surface area contributed by atoms with Gasteiger partial charge in [0.1, 0.15) is 10.8 Å². The highest BCUT2D eigenvalue weighted by Gasteiger charge is 2.07. The fraction of sp³-hybridized carbons (Fsp3) is 0.400. The first-order valence-corrected chi connectivity index (χ1v) is 8.07. The number of aryl methyl sites for hydroxylation is 2. The van der Waals surface area contributed by atoms with Crippen molar-refractivity contribution in [1.29, 1.82) is 0 Å². The fourth-order valence-electron chi connectivity index (χ4n) is 1.92. The number of nitrogens with one attached hydrogen (secondary N) is 1. The van der Waals surface area contributed by atoms with E-state index in [0.717, 1.165) is 30.0 Å². The second kappa shape index (κ2) is 8.45. The summed E-state index contributed by atoms with van der Waals surface area (Å²) in [4.78, 5) is 11.2. The number of carbonyl (C=O) groups is 1. The smallest absolute Gasteiger partial charge is 0.239 e. The molecule has 6 nitrogen and oxygen atoms in total. The zero-order chi connectivity index (χ0) is 15.8. The fourth-order valence-corrected chi connectivity index (χ4v) is 2.72. The Labute approximate surface area is 133 Å². The zero-order valence-corrected chi connectivity index (χ0v) is 13.4. The molecular weight excluding hydrogens is 300 g/mol. The Hall–Kier alpha value is -1.99. The van der Waals surface area contributed by atoms with Crippen molar-refractivity contribution in [3.8, 4) is 5.75 Å². The molecule has 0 spiro atoms. The van der Waals surface area contributed by atoms with E-state index >= 15 is 0 Å². The maximum absolute atomic E-state index is 11.2. The Morgan fingerprint density at radius 2 is 2.18 bits per heavy atom. The molecule has 0 aliphatic carbocycles. The molecule has 1 aromatic heterocycles. The molecule has 1 amide bonds. The van der Waals surface area contributed by atoms with Crippen LogP contribution in [0.25, 0.3) is 0 Å². The van der Waals surface area contributed by atoms with Gasteiger partial charge in [-0.1, -0.05) is 36.5 Å². The minimum atomic E-state index is -0.262. The minimum absolute atomic E-state index is 0.0560. The van der Waals surface area contributed by atoms with Crippen LogP contribution >= 0.6 is 11.3 Å². The lowest BCUT2D eigenvalue weighted by Gasteiger charge is -2.09. The summed E-state index contributed by atoms with van der Waals surface area (Å²) in [6.45, 7) is 2.68. The highest BCUT2D eigenvalue weighted by Crippen LogP contribution is 2.19. The van der Waals surface area contributed by atoms with E-state index in [4.69, 9.17) is 10.5 Å². The number of benzene rings is 1. The van der Waals surface area contributed by atoms with Crippen molar-refractivity contribution >= 4 is 22.4 Å². The molecule has 7 heteroatoms. The summed E-state index contributed by atoms with van der Waals surface area (Å²) in [5.41, 5.74) is 6.44. The van der Waals surface area contributed by atoms with Gasteiger partial charge in [-0.05, 0) is 24.5 Å². The molecule has 118 valence electrons. The van der Waals surface area contributed by atoms with Gasteiger partial charge in [0.25, 0.3) is 0 Å². The van der Waals surface area contributed by atoms with Gasteiger partial charge >= 0.3 is 0 Å². The van der Waals surface area contributed by atoms with Gasteiger partial charge in [-0.3, -0.25) is 10.1 Å². The Bertz CT molecular complexity index is 615. The van der Waals surface area contributed by atoms with Crippen LogP contribution in [0.15, 0.2) is 24.3 Å². The quantitative estimate of drug-likeness (QED) is 0.726. The molecule has 1 aromatic carbocycles. The number of hydrogen-bond donors (Lipinski definition) is 2. The third kappa shape index (κ3) is 4.78. The third-order valence-corrected chi connectivity index (χ3v) is 3.94. The average Bonchev–Trinajstić information content (AvgIpc) is 2.99. The predicted molar refractivity (Wildman–Crippen MR) is 87.2 cm³/mol. The number of rotatable bonds is 8. The van der Waals surface area contributed by atoms with E-state index in [-0.39, 0.29) is 12.5 Å². The Balaban J connectivity index is 1.76. The molecule has 0 atom stereocenters. The lowest BCUT2D eigenvalue weighted by molar-refractivity contribution is -0.114. The van der Waals surface area contributed by atoms with E-state index in [9.17, 15) is 4.79 Å². The Kier molecular flexibility index (Phi) is 6.29. The summed E-state index contributed by atoms with van der Waals surface area (Å²) in [6, 6.07) is 8.06. The van der Waals surface area contributed by atoms with Gasteiger partial charge in [0.2, 0.25) is 11.0 Å². The van der Waals surface area contributed by atoms with Gasteiger partial charge < -0.3 is 10.5 Å². The molecule has 0 bridgehead atoms. The number of nitrogens with zero attached hydrogens (tertiary/aromatic N) is 2. The van der Waals surface area contributed by atoms with E-state index in [1.807, 2.05) is 18.2 Å². The largest absolute Gasteiger partial charge is 0.493 e. The molecule has 0 saturated carbocycles. The minimum Gasteiger partial charge on any atom is -0.493 e. The average molecular weight is 320 g/mol. The summed E-state index contributed by atoms with van der Waals surface area (Å²) >= 11 is 1.37. The molecular formula is C15H20N4O2S. The Morgan fingerprint density at radius 1 is 1.36 bits per heavy atom. The van der Waals surface area contributed by atoms with Gasteiger partial charge in [0.15, 0.2) is 0 Å². The normalized spacial score (nSPS) is 10.5. The number of anilines is 1. The molecule has 3 N–H and O–H groups in total. The van der Waals surface area contributed by atoms with Gasteiger partial charge in [-0.15, -0.1) is 10.2 Å². The van der Waals surface area contributed by atoms with Crippen molar-refractivity contribution in [2.75, 3.05) is 18.5 Å². The van der Waals surface area contributed by atoms with Crippen molar-refractivity contribution in [1.82, 2.24) is 10.2 Å². The topological polar surface area (TPSA) is 90.1 Å². The molecule has 2 rings (SSSR count). The molecule has 0 aliphatic rings. The van der Waals surface area contributed by atoms with Crippen LogP contribution in [0.3, 0.4) is 0 Å².